The van der Waals surface area contributed by atoms with Crippen LogP contribution in [0.5, 0.6) is 0 Å². The van der Waals surface area contributed by atoms with Gasteiger partial charge in [0.25, 0.3) is 11.8 Å². The maximum Gasteiger partial charge on any atom is 0.416 e. The largest absolute Gasteiger partial charge is 0.416 e. The van der Waals surface area contributed by atoms with Gasteiger partial charge in [-0.1, -0.05) is 47.9 Å². The van der Waals surface area contributed by atoms with E-state index in [2.05, 4.69) is 64.3 Å². The molecule has 8 aromatic rings. The number of carbonyl (C=O) groups is 2. The summed E-state index contributed by atoms with van der Waals surface area (Å²) in [5.41, 5.74) is 11.6. The van der Waals surface area contributed by atoms with Gasteiger partial charge in [0.05, 0.1) is 27.5 Å². The fourth-order valence-corrected chi connectivity index (χ4v) is 9.91. The van der Waals surface area contributed by atoms with Gasteiger partial charge in [-0.25, -0.2) is 9.97 Å². The molecule has 0 radical (unpaired) electrons. The van der Waals surface area contributed by atoms with Crippen LogP contribution in [0.4, 0.5) is 43.5 Å². The van der Waals surface area contributed by atoms with Crippen LogP contribution in [0.25, 0.3) is 32.9 Å². The van der Waals surface area contributed by atoms with E-state index in [4.69, 9.17) is 5.73 Å². The first kappa shape index (κ1) is 54.8. The molecule has 5 N–H and O–H groups in total. The number of amides is 2. The maximum atomic E-state index is 14.4. The van der Waals surface area contributed by atoms with E-state index in [0.29, 0.717) is 81.4 Å². The predicted octanol–water partition coefficient (Wildman–Crippen LogP) is 10.2. The summed E-state index contributed by atoms with van der Waals surface area (Å²) in [4.78, 5) is 44.4. The van der Waals surface area contributed by atoms with Gasteiger partial charge in [0.2, 0.25) is 0 Å². The third-order valence-electron chi connectivity index (χ3n) is 14.6. The van der Waals surface area contributed by atoms with Crippen molar-refractivity contribution in [1.29, 1.82) is 0 Å². The van der Waals surface area contributed by atoms with Crippen LogP contribution < -0.4 is 16.4 Å². The molecule has 2 amide bonds. The van der Waals surface area contributed by atoms with Crippen molar-refractivity contribution in [2.24, 2.45) is 0 Å². The molecule has 0 saturated carbocycles. The van der Waals surface area contributed by atoms with Crippen molar-refractivity contribution in [3.05, 3.63) is 176 Å². The van der Waals surface area contributed by atoms with Crippen molar-refractivity contribution in [2.45, 2.75) is 39.3 Å². The molecule has 80 heavy (non-hydrogen) atoms. The highest BCUT2D eigenvalue weighted by molar-refractivity contribution is 6.06. The molecule has 0 bridgehead atoms. The van der Waals surface area contributed by atoms with Crippen LogP contribution in [-0.4, -0.2) is 118 Å². The number of halogens is 6. The molecule has 2 aliphatic rings. The molecule has 0 spiro atoms. The molecule has 13 nitrogen and oxygen atoms in total. The topological polar surface area (TPSA) is 152 Å². The van der Waals surface area contributed by atoms with Crippen molar-refractivity contribution in [3.63, 3.8) is 0 Å². The van der Waals surface area contributed by atoms with Gasteiger partial charge >= 0.3 is 12.4 Å². The lowest BCUT2D eigenvalue weighted by molar-refractivity contribution is -0.139. The first-order valence-electron chi connectivity index (χ1n) is 25.8. The Kier molecular flexibility index (Phi) is 15.5. The summed E-state index contributed by atoms with van der Waals surface area (Å²) in [6, 6.07) is 25.0. The van der Waals surface area contributed by atoms with E-state index in [9.17, 15) is 35.9 Å². The van der Waals surface area contributed by atoms with Crippen LogP contribution in [0, 0.1) is 37.5 Å². The van der Waals surface area contributed by atoms with Gasteiger partial charge in [-0.2, -0.15) is 31.4 Å². The van der Waals surface area contributed by atoms with Crippen LogP contribution in [0.1, 0.15) is 76.4 Å². The highest BCUT2D eigenvalue weighted by atomic mass is 19.4. The molecule has 2 saturated heterocycles. The Labute approximate surface area is 458 Å². The third-order valence-corrected chi connectivity index (χ3v) is 14.6. The number of H-pyrrole nitrogens is 1. The number of likely N-dealkylation sites (N-methyl/N-ethyl adjacent to an activating group) is 2. The normalized spacial score (nSPS) is 14.8. The highest BCUT2D eigenvalue weighted by Gasteiger charge is 2.36. The zero-order valence-corrected chi connectivity index (χ0v) is 44.3. The van der Waals surface area contributed by atoms with E-state index < -0.39 is 35.3 Å². The van der Waals surface area contributed by atoms with Crippen molar-refractivity contribution in [2.75, 3.05) is 82.8 Å². The monoisotopic (exact) mass is 1090 g/mol. The van der Waals surface area contributed by atoms with Gasteiger partial charge in [-0.05, 0) is 134 Å². The molecule has 0 atom stereocenters. The second-order valence-corrected chi connectivity index (χ2v) is 20.4. The van der Waals surface area contributed by atoms with Crippen molar-refractivity contribution >= 4 is 50.8 Å². The minimum Gasteiger partial charge on any atom is -0.382 e. The number of nitrogens with zero attached hydrogens (tertiary/aromatic N) is 7. The standard InChI is InChI=1S/C61H55F6N11O2/c1-37-5-8-43(58(79)71-48-15-13-45(52(31-48)60(62,63)64)34-77-21-17-75(3)18-22-77)27-40(37)10-7-39-25-50(51-33-69-36-70-54(51)26-39)47-29-42(56-55(30-47)73-74-57(56)68)12-11-41-28-44(9-6-38(41)2)59(80)72-49-16-14-46(53(32-49)61(65,66)67)35-78-23-19-76(4)20-24-78/h5-6,8-9,13-16,25-33,36H,17-24,34-35H2,1-4H3,(H,71,79)(H,72,80)(H3,68,73,74). The van der Waals surface area contributed by atoms with Crippen LogP contribution in [0.2, 0.25) is 0 Å². The third kappa shape index (κ3) is 12.5. The van der Waals surface area contributed by atoms with E-state index in [1.54, 1.807) is 42.6 Å². The number of carbonyl (C=O) groups excluding carboxylic acids is 2. The summed E-state index contributed by atoms with van der Waals surface area (Å²) in [6.45, 7) is 9.63. The average Bonchev–Trinajstić information content (AvgIpc) is 3.90. The summed E-state index contributed by atoms with van der Waals surface area (Å²) in [6.07, 6.45) is -6.15. The molecule has 0 aliphatic carbocycles. The second kappa shape index (κ2) is 22.6. The number of hydrogen-bond donors (Lipinski definition) is 4. The van der Waals surface area contributed by atoms with Gasteiger partial charge < -0.3 is 26.2 Å². The number of nitrogens with one attached hydrogen (secondary N) is 3. The van der Waals surface area contributed by atoms with Crippen LogP contribution >= 0.6 is 0 Å². The number of benzene rings is 6. The quantitative estimate of drug-likeness (QED) is 0.0812. The van der Waals surface area contributed by atoms with E-state index in [-0.39, 0.29) is 52.5 Å². The minimum absolute atomic E-state index is 0.00890. The number of fused-ring (bicyclic) bond motifs is 2. The summed E-state index contributed by atoms with van der Waals surface area (Å²) in [5.74, 6) is 11.8. The Morgan fingerprint density at radius 1 is 0.625 bits per heavy atom. The SMILES string of the molecule is Cc1ccc(C(=O)Nc2ccc(CN3CCN(C)CC3)c(C(F)(F)F)c2)cc1C#Cc1cc(-c2cc(C#Cc3cc(C(=O)Nc4ccc(CN5CCN(C)CC5)c(C(F)(F)F)c4)ccc3C)c3c(N)n[nH]c3c2)c2cncnc2c1. The smallest absolute Gasteiger partial charge is 0.382 e. The number of aromatic amines is 1. The number of hydrogen-bond acceptors (Lipinski definition) is 10. The summed E-state index contributed by atoms with van der Waals surface area (Å²) < 4.78 is 86.3. The number of alkyl halides is 6. The highest BCUT2D eigenvalue weighted by Crippen LogP contribution is 2.38. The lowest BCUT2D eigenvalue weighted by Gasteiger charge is -2.33. The molecule has 4 heterocycles. The Morgan fingerprint density at radius 2 is 1.14 bits per heavy atom. The molecule has 2 aromatic heterocycles. The van der Waals surface area contributed by atoms with Gasteiger partial charge in [0.1, 0.15) is 6.33 Å². The number of aryl methyl sites for hydroxylation is 2. The number of nitrogen functional groups attached to an aromatic ring is 1. The summed E-state index contributed by atoms with van der Waals surface area (Å²) >= 11 is 0. The molecule has 19 heteroatoms. The molecular weight excluding hydrogens is 1030 g/mol. The van der Waals surface area contributed by atoms with E-state index in [0.717, 1.165) is 49.4 Å². The number of aromatic nitrogens is 4. The summed E-state index contributed by atoms with van der Waals surface area (Å²) in [5, 5.41) is 13.8. The molecule has 408 valence electrons. The Balaban J connectivity index is 0.906. The van der Waals surface area contributed by atoms with Gasteiger partial charge in [0.15, 0.2) is 5.82 Å². The zero-order chi connectivity index (χ0) is 56.5. The van der Waals surface area contributed by atoms with E-state index >= 15 is 0 Å². The number of piperazine rings is 2. The zero-order valence-electron chi connectivity index (χ0n) is 44.3. The Hall–Kier alpha value is -8.59. The number of rotatable bonds is 9. The molecule has 2 aliphatic heterocycles. The molecule has 10 rings (SSSR count). The van der Waals surface area contributed by atoms with Crippen molar-refractivity contribution in [3.8, 4) is 34.8 Å². The predicted molar refractivity (Wildman–Crippen MR) is 298 cm³/mol. The Bertz CT molecular complexity index is 3830. The maximum absolute atomic E-state index is 14.4. The fourth-order valence-electron chi connectivity index (χ4n) is 9.91. The minimum atomic E-state index is -4.63. The van der Waals surface area contributed by atoms with Gasteiger partial charge in [0, 0.05) is 122 Å². The van der Waals surface area contributed by atoms with E-state index in [1.807, 2.05) is 62.0 Å². The summed E-state index contributed by atoms with van der Waals surface area (Å²) in [7, 11) is 3.96. The van der Waals surface area contributed by atoms with Crippen molar-refractivity contribution in [1.82, 2.24) is 39.8 Å². The molecular formula is C61H55F6N11O2. The lowest BCUT2D eigenvalue weighted by Crippen LogP contribution is -2.44. The molecule has 6 aromatic carbocycles. The van der Waals surface area contributed by atoms with Gasteiger partial charge in [-0.3, -0.25) is 24.5 Å². The second-order valence-electron chi connectivity index (χ2n) is 20.4. The molecule has 2 fully saturated rings. The first-order chi connectivity index (χ1) is 38.2. The molecule has 0 unspecified atom stereocenters. The van der Waals surface area contributed by atoms with Crippen molar-refractivity contribution < 1.29 is 35.9 Å². The van der Waals surface area contributed by atoms with Crippen LogP contribution in [0.15, 0.2) is 110 Å². The average molecular weight is 1090 g/mol. The fraction of sp³-hybridized carbons (Fsp3) is 0.262. The first-order valence-corrected chi connectivity index (χ1v) is 25.8. The van der Waals surface area contributed by atoms with Crippen LogP contribution in [-0.2, 0) is 25.4 Å². The van der Waals surface area contributed by atoms with E-state index in [1.165, 1.54) is 30.6 Å². The van der Waals surface area contributed by atoms with Crippen LogP contribution in [0.3, 0.4) is 0 Å². The Morgan fingerprint density at radius 3 is 1.66 bits per heavy atom. The van der Waals surface area contributed by atoms with Gasteiger partial charge in [-0.15, -0.1) is 0 Å². The number of nitrogens with two attached hydrogens (primary N) is 1. The number of anilines is 3. The lowest BCUT2D eigenvalue weighted by atomic mass is 9.95.